The van der Waals surface area contributed by atoms with Crippen molar-refractivity contribution in [1.82, 2.24) is 24.9 Å². The van der Waals surface area contributed by atoms with Crippen LogP contribution < -0.4 is 10.1 Å². The molecule has 0 saturated heterocycles. The third-order valence-corrected chi connectivity index (χ3v) is 5.81. The average Bonchev–Trinajstić information content (AvgIpc) is 3.31. The van der Waals surface area contributed by atoms with Crippen molar-refractivity contribution in [2.45, 2.75) is 52.6 Å². The van der Waals surface area contributed by atoms with Crippen molar-refractivity contribution in [3.05, 3.63) is 59.7 Å². The zero-order valence-corrected chi connectivity index (χ0v) is 18.1. The molecular weight excluding hydrogens is 378 g/mol. The predicted octanol–water partition coefficient (Wildman–Crippen LogP) is 3.61. The number of amides is 1. The van der Waals surface area contributed by atoms with E-state index in [-0.39, 0.29) is 17.4 Å². The highest BCUT2D eigenvalue weighted by molar-refractivity contribution is 5.76. The summed E-state index contributed by atoms with van der Waals surface area (Å²) < 4.78 is 9.11. The van der Waals surface area contributed by atoms with E-state index in [4.69, 9.17) is 4.74 Å². The molecule has 1 N–H and O–H groups in total. The number of nitrogens with zero attached hydrogens (tertiary/aromatic N) is 4. The summed E-state index contributed by atoms with van der Waals surface area (Å²) in [5, 5.41) is 12.2. The minimum Gasteiger partial charge on any atom is -0.497 e. The van der Waals surface area contributed by atoms with Gasteiger partial charge in [0.25, 0.3) is 0 Å². The minimum absolute atomic E-state index is 0.0377. The normalized spacial score (nSPS) is 17.4. The van der Waals surface area contributed by atoms with Crippen LogP contribution in [0.4, 0.5) is 0 Å². The number of aromatic nitrogens is 4. The molecule has 30 heavy (non-hydrogen) atoms. The van der Waals surface area contributed by atoms with Crippen molar-refractivity contribution < 1.29 is 9.53 Å². The third kappa shape index (κ3) is 4.10. The van der Waals surface area contributed by atoms with Gasteiger partial charge in [-0.05, 0) is 55.5 Å². The zero-order valence-electron chi connectivity index (χ0n) is 18.1. The Bertz CT molecular complexity index is 1030. The van der Waals surface area contributed by atoms with Crippen molar-refractivity contribution in [2.75, 3.05) is 7.11 Å². The van der Waals surface area contributed by atoms with Crippen LogP contribution >= 0.6 is 0 Å². The summed E-state index contributed by atoms with van der Waals surface area (Å²) in [5.74, 6) is 0.855. The van der Waals surface area contributed by atoms with E-state index in [0.717, 1.165) is 41.2 Å². The van der Waals surface area contributed by atoms with Gasteiger partial charge in [0, 0.05) is 30.4 Å². The molecule has 0 radical (unpaired) electrons. The second-order valence-electron chi connectivity index (χ2n) is 8.77. The van der Waals surface area contributed by atoms with Crippen molar-refractivity contribution in [3.63, 3.8) is 0 Å². The number of aryl methyl sites for hydroxylation is 2. The quantitative estimate of drug-likeness (QED) is 0.677. The minimum atomic E-state index is -0.0398. The summed E-state index contributed by atoms with van der Waals surface area (Å²) in [5.41, 5.74) is 4.38. The number of carbonyl (C=O) groups excluding carboxylic acids is 1. The Labute approximate surface area is 177 Å². The van der Waals surface area contributed by atoms with E-state index in [1.54, 1.807) is 13.3 Å². The van der Waals surface area contributed by atoms with Gasteiger partial charge in [0.1, 0.15) is 5.75 Å². The number of fused-ring (bicyclic) bond motifs is 1. The average molecular weight is 408 g/mol. The van der Waals surface area contributed by atoms with Gasteiger partial charge >= 0.3 is 0 Å². The molecule has 3 aromatic rings. The number of hydrogen-bond donors (Lipinski definition) is 1. The summed E-state index contributed by atoms with van der Waals surface area (Å²) in [4.78, 5) is 12.7. The Hall–Kier alpha value is -3.09. The van der Waals surface area contributed by atoms with Crippen LogP contribution in [0, 0.1) is 12.3 Å². The number of carbonyl (C=O) groups is 1. The molecule has 7 nitrogen and oxygen atoms in total. The van der Waals surface area contributed by atoms with Crippen molar-refractivity contribution in [1.29, 1.82) is 0 Å². The SMILES string of the molecule is COc1ccc(-n2ncc3c2CC(C)(C)C[C@@H]3NC(=O)CCn2nccc2C)cc1. The lowest BCUT2D eigenvalue weighted by atomic mass is 9.74. The first-order valence-corrected chi connectivity index (χ1v) is 10.4. The van der Waals surface area contributed by atoms with Crippen LogP contribution in [-0.2, 0) is 17.8 Å². The van der Waals surface area contributed by atoms with Gasteiger partial charge in [-0.25, -0.2) is 4.68 Å². The molecule has 4 rings (SSSR count). The Morgan fingerprint density at radius 2 is 2.00 bits per heavy atom. The standard InChI is InChI=1S/C23H29N5O2/c1-16-9-11-24-27(16)12-10-22(29)26-20-13-23(2,3)14-21-19(20)15-25-28(21)17-5-7-18(30-4)8-6-17/h5-9,11,15,20H,10,12-14H2,1-4H3,(H,26,29)/t20-/m0/s1. The van der Waals surface area contributed by atoms with Gasteiger partial charge in [-0.3, -0.25) is 9.48 Å². The molecule has 1 amide bonds. The lowest BCUT2D eigenvalue weighted by Crippen LogP contribution is -2.37. The summed E-state index contributed by atoms with van der Waals surface area (Å²) in [7, 11) is 1.66. The Balaban J connectivity index is 1.53. The van der Waals surface area contributed by atoms with Gasteiger partial charge in [0.2, 0.25) is 5.91 Å². The van der Waals surface area contributed by atoms with Crippen LogP contribution in [0.1, 0.15) is 49.7 Å². The van der Waals surface area contributed by atoms with Gasteiger partial charge in [-0.15, -0.1) is 0 Å². The molecule has 2 aromatic heterocycles. The maximum Gasteiger partial charge on any atom is 0.222 e. The second kappa shape index (κ2) is 7.97. The van der Waals surface area contributed by atoms with E-state index in [0.29, 0.717) is 13.0 Å². The molecule has 0 bridgehead atoms. The first-order valence-electron chi connectivity index (χ1n) is 10.4. The van der Waals surface area contributed by atoms with Crippen LogP contribution in [0.15, 0.2) is 42.7 Å². The molecule has 1 aliphatic rings. The number of rotatable bonds is 6. The predicted molar refractivity (Wildman–Crippen MR) is 115 cm³/mol. The summed E-state index contributed by atoms with van der Waals surface area (Å²) in [6.45, 7) is 7.06. The number of hydrogen-bond acceptors (Lipinski definition) is 4. The van der Waals surface area contributed by atoms with Gasteiger partial charge in [-0.2, -0.15) is 10.2 Å². The number of methoxy groups -OCH3 is 1. The summed E-state index contributed by atoms with van der Waals surface area (Å²) in [6.07, 6.45) is 5.86. The Morgan fingerprint density at radius 1 is 1.23 bits per heavy atom. The highest BCUT2D eigenvalue weighted by Crippen LogP contribution is 2.41. The van der Waals surface area contributed by atoms with Crippen LogP contribution in [0.2, 0.25) is 0 Å². The zero-order chi connectivity index (χ0) is 21.3. The molecule has 1 atom stereocenters. The number of ether oxygens (including phenoxy) is 1. The number of benzene rings is 1. The molecule has 1 aromatic carbocycles. The van der Waals surface area contributed by atoms with Gasteiger partial charge in [0.15, 0.2) is 0 Å². The van der Waals surface area contributed by atoms with Gasteiger partial charge in [-0.1, -0.05) is 13.8 Å². The molecular formula is C23H29N5O2. The first kappa shape index (κ1) is 20.2. The molecule has 0 unspecified atom stereocenters. The highest BCUT2D eigenvalue weighted by Gasteiger charge is 2.36. The smallest absolute Gasteiger partial charge is 0.222 e. The number of nitrogens with one attached hydrogen (secondary N) is 1. The monoisotopic (exact) mass is 407 g/mol. The van der Waals surface area contributed by atoms with Crippen molar-refractivity contribution in [3.8, 4) is 11.4 Å². The van der Waals surface area contributed by atoms with Crippen molar-refractivity contribution in [2.24, 2.45) is 5.41 Å². The van der Waals surface area contributed by atoms with Gasteiger partial charge < -0.3 is 10.1 Å². The van der Waals surface area contributed by atoms with E-state index < -0.39 is 0 Å². The molecule has 0 saturated carbocycles. The van der Waals surface area contributed by atoms with E-state index in [1.165, 1.54) is 0 Å². The van der Waals surface area contributed by atoms with E-state index in [9.17, 15) is 4.79 Å². The molecule has 7 heteroatoms. The second-order valence-corrected chi connectivity index (χ2v) is 8.77. The fourth-order valence-corrected chi connectivity index (χ4v) is 4.22. The molecule has 0 fully saturated rings. The topological polar surface area (TPSA) is 74.0 Å². The van der Waals surface area contributed by atoms with Crippen LogP contribution in [0.25, 0.3) is 5.69 Å². The Kier molecular flexibility index (Phi) is 5.37. The maximum atomic E-state index is 12.7. The van der Waals surface area contributed by atoms with E-state index in [1.807, 2.05) is 52.8 Å². The maximum absolute atomic E-state index is 12.7. The fraction of sp³-hybridized carbons (Fsp3) is 0.435. The highest BCUT2D eigenvalue weighted by atomic mass is 16.5. The summed E-state index contributed by atoms with van der Waals surface area (Å²) >= 11 is 0. The van der Waals surface area contributed by atoms with Crippen LogP contribution in [0.3, 0.4) is 0 Å². The van der Waals surface area contributed by atoms with E-state index in [2.05, 4.69) is 29.4 Å². The third-order valence-electron chi connectivity index (χ3n) is 5.81. The van der Waals surface area contributed by atoms with Crippen LogP contribution in [-0.4, -0.2) is 32.6 Å². The fourth-order valence-electron chi connectivity index (χ4n) is 4.22. The lowest BCUT2D eigenvalue weighted by Gasteiger charge is -2.36. The first-order chi connectivity index (χ1) is 14.4. The molecule has 0 aliphatic heterocycles. The van der Waals surface area contributed by atoms with Crippen molar-refractivity contribution >= 4 is 5.91 Å². The summed E-state index contributed by atoms with van der Waals surface area (Å²) in [6, 6.07) is 9.80. The van der Waals surface area contributed by atoms with Crippen LogP contribution in [0.5, 0.6) is 5.75 Å². The molecule has 0 spiro atoms. The largest absolute Gasteiger partial charge is 0.497 e. The van der Waals surface area contributed by atoms with E-state index >= 15 is 0 Å². The Morgan fingerprint density at radius 3 is 2.67 bits per heavy atom. The molecule has 1 aliphatic carbocycles. The molecule has 158 valence electrons. The molecule has 2 heterocycles. The lowest BCUT2D eigenvalue weighted by molar-refractivity contribution is -0.122. The van der Waals surface area contributed by atoms with Gasteiger partial charge in [0.05, 0.1) is 30.7 Å².